The number of nitrogens with zero attached hydrogens (tertiary/aromatic N) is 3. The van der Waals surface area contributed by atoms with Gasteiger partial charge in [-0.25, -0.2) is 9.97 Å². The molecule has 2 N–H and O–H groups in total. The molecular weight excluding hydrogens is 322 g/mol. The molecule has 0 radical (unpaired) electrons. The second-order valence-corrected chi connectivity index (χ2v) is 6.37. The van der Waals surface area contributed by atoms with E-state index in [1.807, 2.05) is 27.7 Å². The monoisotopic (exact) mass is 343 g/mol. The Hall–Kier alpha value is -2.96. The van der Waals surface area contributed by atoms with Gasteiger partial charge in [-0.05, 0) is 6.07 Å². The summed E-state index contributed by atoms with van der Waals surface area (Å²) < 4.78 is 0. The van der Waals surface area contributed by atoms with Gasteiger partial charge in [-0.3, -0.25) is 10.1 Å². The fourth-order valence-electron chi connectivity index (χ4n) is 2.01. The van der Waals surface area contributed by atoms with Crippen LogP contribution in [0.15, 0.2) is 29.7 Å². The molecule has 1 aromatic carbocycles. The van der Waals surface area contributed by atoms with Gasteiger partial charge in [0.25, 0.3) is 5.69 Å². The summed E-state index contributed by atoms with van der Waals surface area (Å²) in [6.07, 6.45) is 2.97. The molecule has 0 fully saturated rings. The van der Waals surface area contributed by atoms with Gasteiger partial charge in [0, 0.05) is 36.1 Å². The molecule has 2 rings (SSSR count). The molecule has 1 aromatic heterocycles. The van der Waals surface area contributed by atoms with E-state index in [1.165, 1.54) is 30.4 Å². The molecule has 1 heterocycles. The first-order valence-electron chi connectivity index (χ1n) is 7.96. The molecule has 0 atom stereocenters. The SMILES string of the molecule is CC(C)C(O)=Cc1nc2ccc([N+](=O)[O-])cc2nc1C=C(O)C(C)C. The number of fused-ring (bicyclic) bond motifs is 1. The van der Waals surface area contributed by atoms with E-state index in [9.17, 15) is 20.3 Å². The zero-order valence-electron chi connectivity index (χ0n) is 14.6. The van der Waals surface area contributed by atoms with Crippen molar-refractivity contribution in [2.45, 2.75) is 27.7 Å². The molecule has 0 saturated heterocycles. The van der Waals surface area contributed by atoms with Crippen molar-refractivity contribution in [3.05, 3.63) is 51.2 Å². The minimum atomic E-state index is -0.499. The van der Waals surface area contributed by atoms with Crippen LogP contribution < -0.4 is 0 Å². The van der Waals surface area contributed by atoms with Gasteiger partial charge in [-0.15, -0.1) is 0 Å². The van der Waals surface area contributed by atoms with Gasteiger partial charge in [-0.1, -0.05) is 27.7 Å². The van der Waals surface area contributed by atoms with E-state index < -0.39 is 4.92 Å². The third kappa shape index (κ3) is 4.32. The minimum absolute atomic E-state index is 0.0851. The van der Waals surface area contributed by atoms with Crippen LogP contribution in [0.1, 0.15) is 39.1 Å². The number of rotatable bonds is 5. The topological polar surface area (TPSA) is 109 Å². The number of benzene rings is 1. The molecule has 0 unspecified atom stereocenters. The molecule has 0 aliphatic rings. The smallest absolute Gasteiger partial charge is 0.271 e. The van der Waals surface area contributed by atoms with Crippen LogP contribution in [0.3, 0.4) is 0 Å². The molecule has 7 heteroatoms. The Morgan fingerprint density at radius 2 is 1.48 bits per heavy atom. The summed E-state index contributed by atoms with van der Waals surface area (Å²) in [5, 5.41) is 31.1. The van der Waals surface area contributed by atoms with Crippen LogP contribution in [0.2, 0.25) is 0 Å². The Balaban J connectivity index is 2.71. The van der Waals surface area contributed by atoms with Gasteiger partial charge in [0.05, 0.1) is 38.9 Å². The summed E-state index contributed by atoms with van der Waals surface area (Å²) in [7, 11) is 0. The van der Waals surface area contributed by atoms with Crippen molar-refractivity contribution in [2.24, 2.45) is 11.8 Å². The highest BCUT2D eigenvalue weighted by molar-refractivity contribution is 5.80. The second kappa shape index (κ2) is 7.29. The summed E-state index contributed by atoms with van der Waals surface area (Å²) >= 11 is 0. The van der Waals surface area contributed by atoms with Gasteiger partial charge in [0.1, 0.15) is 0 Å². The van der Waals surface area contributed by atoms with E-state index in [0.29, 0.717) is 22.4 Å². The molecule has 7 nitrogen and oxygen atoms in total. The Morgan fingerprint density at radius 3 is 1.92 bits per heavy atom. The van der Waals surface area contributed by atoms with E-state index in [2.05, 4.69) is 9.97 Å². The maximum Gasteiger partial charge on any atom is 0.271 e. The lowest BCUT2D eigenvalue weighted by Gasteiger charge is -2.09. The number of aliphatic hydroxyl groups is 2. The molecule has 2 aromatic rings. The normalized spacial score (nSPS) is 13.0. The Kier molecular flexibility index (Phi) is 5.36. The number of nitro groups is 1. The van der Waals surface area contributed by atoms with Crippen LogP contribution in [0, 0.1) is 22.0 Å². The summed E-state index contributed by atoms with van der Waals surface area (Å²) in [5.41, 5.74) is 1.46. The number of aliphatic hydroxyl groups excluding tert-OH is 2. The fraction of sp³-hybridized carbons (Fsp3) is 0.333. The average molecular weight is 343 g/mol. The summed E-state index contributed by atoms with van der Waals surface area (Å²) in [6.45, 7) is 7.33. The number of non-ortho nitro benzene ring substituents is 1. The van der Waals surface area contributed by atoms with Crippen molar-refractivity contribution in [3.8, 4) is 0 Å². The van der Waals surface area contributed by atoms with Crippen LogP contribution in [-0.2, 0) is 0 Å². The van der Waals surface area contributed by atoms with Crippen molar-refractivity contribution in [3.63, 3.8) is 0 Å². The summed E-state index contributed by atoms with van der Waals surface area (Å²) in [4.78, 5) is 19.3. The predicted molar refractivity (Wildman–Crippen MR) is 97.1 cm³/mol. The lowest BCUT2D eigenvalue weighted by molar-refractivity contribution is -0.384. The Morgan fingerprint density at radius 1 is 1.00 bits per heavy atom. The lowest BCUT2D eigenvalue weighted by Crippen LogP contribution is -2.00. The zero-order chi connectivity index (χ0) is 18.7. The van der Waals surface area contributed by atoms with E-state index in [0.717, 1.165) is 0 Å². The van der Waals surface area contributed by atoms with Crippen LogP contribution in [0.4, 0.5) is 5.69 Å². The van der Waals surface area contributed by atoms with Crippen molar-refractivity contribution in [1.82, 2.24) is 9.97 Å². The van der Waals surface area contributed by atoms with Gasteiger partial charge in [-0.2, -0.15) is 0 Å². The molecule has 0 bridgehead atoms. The van der Waals surface area contributed by atoms with Crippen LogP contribution in [0.5, 0.6) is 0 Å². The Bertz CT molecular complexity index is 870. The van der Waals surface area contributed by atoms with Crippen LogP contribution >= 0.6 is 0 Å². The van der Waals surface area contributed by atoms with Gasteiger partial charge >= 0.3 is 0 Å². The molecule has 0 aliphatic carbocycles. The van der Waals surface area contributed by atoms with E-state index in [-0.39, 0.29) is 29.0 Å². The fourth-order valence-corrected chi connectivity index (χ4v) is 2.01. The third-order valence-corrected chi connectivity index (χ3v) is 3.67. The van der Waals surface area contributed by atoms with Crippen LogP contribution in [-0.4, -0.2) is 25.1 Å². The molecule has 0 amide bonds. The molecule has 0 spiro atoms. The maximum absolute atomic E-state index is 10.9. The average Bonchev–Trinajstić information content (AvgIpc) is 2.54. The lowest BCUT2D eigenvalue weighted by atomic mass is 10.1. The first-order valence-corrected chi connectivity index (χ1v) is 7.96. The summed E-state index contributed by atoms with van der Waals surface area (Å²) in [5.74, 6) is 0.0371. The number of aromatic nitrogens is 2. The first-order chi connectivity index (χ1) is 11.7. The molecular formula is C18H21N3O4. The van der Waals surface area contributed by atoms with Crippen LogP contribution in [0.25, 0.3) is 23.2 Å². The standard InChI is InChI=1S/C18H21N3O4/c1-10(2)17(22)8-15-16(9-18(23)11(3)4)20-14-7-12(21(24)25)5-6-13(14)19-15/h5-11,22-23H,1-4H3. The molecule has 132 valence electrons. The quantitative estimate of drug-likeness (QED) is 0.464. The van der Waals surface area contributed by atoms with E-state index in [4.69, 9.17) is 0 Å². The number of hydrogen-bond donors (Lipinski definition) is 2. The largest absolute Gasteiger partial charge is 0.512 e. The first kappa shape index (κ1) is 18.4. The minimum Gasteiger partial charge on any atom is -0.512 e. The van der Waals surface area contributed by atoms with Gasteiger partial charge < -0.3 is 10.2 Å². The molecule has 25 heavy (non-hydrogen) atoms. The number of nitro benzene ring substituents is 1. The van der Waals surface area contributed by atoms with Gasteiger partial charge in [0.15, 0.2) is 0 Å². The highest BCUT2D eigenvalue weighted by atomic mass is 16.6. The summed E-state index contributed by atoms with van der Waals surface area (Å²) in [6, 6.07) is 4.20. The van der Waals surface area contributed by atoms with E-state index >= 15 is 0 Å². The molecule has 0 saturated carbocycles. The zero-order valence-corrected chi connectivity index (χ0v) is 14.6. The Labute approximate surface area is 145 Å². The molecule has 0 aliphatic heterocycles. The highest BCUT2D eigenvalue weighted by Gasteiger charge is 2.13. The highest BCUT2D eigenvalue weighted by Crippen LogP contribution is 2.23. The maximum atomic E-state index is 10.9. The number of allylic oxidation sites excluding steroid dienone is 2. The van der Waals surface area contributed by atoms with Crippen molar-refractivity contribution >= 4 is 28.9 Å². The van der Waals surface area contributed by atoms with Crippen molar-refractivity contribution in [1.29, 1.82) is 0 Å². The second-order valence-electron chi connectivity index (χ2n) is 6.37. The van der Waals surface area contributed by atoms with E-state index in [1.54, 1.807) is 0 Å². The third-order valence-electron chi connectivity index (χ3n) is 3.67. The van der Waals surface area contributed by atoms with Gasteiger partial charge in [0.2, 0.25) is 0 Å². The predicted octanol–water partition coefficient (Wildman–Crippen LogP) is 4.65. The van der Waals surface area contributed by atoms with Crippen molar-refractivity contribution in [2.75, 3.05) is 0 Å². The van der Waals surface area contributed by atoms with Crippen molar-refractivity contribution < 1.29 is 15.1 Å². The number of hydrogen-bond acceptors (Lipinski definition) is 6.